The minimum Gasteiger partial charge on any atom is -0.299 e. The fraction of sp³-hybridized carbons (Fsp3) is 0.556. The quantitative estimate of drug-likeness (QED) is 0.714. The fourth-order valence-corrected chi connectivity index (χ4v) is 2.03. The summed E-state index contributed by atoms with van der Waals surface area (Å²) in [7, 11) is 0. The summed E-state index contributed by atoms with van der Waals surface area (Å²) >= 11 is 1.60. The van der Waals surface area contributed by atoms with Crippen LogP contribution in [0.3, 0.4) is 0 Å². The second kappa shape index (κ2) is 2.66. The number of carbonyl (C=O) groups is 1. The van der Waals surface area contributed by atoms with Crippen molar-refractivity contribution in [1.82, 2.24) is 4.98 Å². The molecule has 1 fully saturated rings. The number of ketones is 1. The lowest BCUT2D eigenvalue weighted by Crippen LogP contribution is -2.14. The molecule has 1 aromatic rings. The largest absolute Gasteiger partial charge is 0.299 e. The topological polar surface area (TPSA) is 30.0 Å². The van der Waals surface area contributed by atoms with Crippen LogP contribution in [0.4, 0.5) is 0 Å². The molecule has 1 aliphatic carbocycles. The molecule has 2 rings (SSSR count). The second-order valence-corrected chi connectivity index (χ2v) is 4.21. The SMILES string of the molecule is CC(=O)C1(Cc2cscn2)CC1. The van der Waals surface area contributed by atoms with E-state index in [2.05, 4.69) is 4.98 Å². The highest BCUT2D eigenvalue weighted by atomic mass is 32.1. The van der Waals surface area contributed by atoms with Gasteiger partial charge in [-0.05, 0) is 19.8 Å². The average Bonchev–Trinajstić information content (AvgIpc) is 2.60. The van der Waals surface area contributed by atoms with Gasteiger partial charge in [0.15, 0.2) is 0 Å². The Balaban J connectivity index is 2.09. The highest BCUT2D eigenvalue weighted by Crippen LogP contribution is 2.48. The van der Waals surface area contributed by atoms with Crippen LogP contribution < -0.4 is 0 Å². The molecular formula is C9H11NOS. The molecule has 0 radical (unpaired) electrons. The molecule has 64 valence electrons. The first-order valence-corrected chi connectivity index (χ1v) is 5.05. The van der Waals surface area contributed by atoms with Gasteiger partial charge in [-0.15, -0.1) is 11.3 Å². The number of nitrogens with zero attached hydrogens (tertiary/aromatic N) is 1. The zero-order valence-electron chi connectivity index (χ0n) is 7.04. The van der Waals surface area contributed by atoms with Crippen molar-refractivity contribution in [3.63, 3.8) is 0 Å². The van der Waals surface area contributed by atoms with Gasteiger partial charge in [-0.1, -0.05) is 0 Å². The van der Waals surface area contributed by atoms with Gasteiger partial charge in [0.05, 0.1) is 11.2 Å². The number of thiazole rings is 1. The van der Waals surface area contributed by atoms with E-state index in [1.165, 1.54) is 0 Å². The molecule has 0 spiro atoms. The van der Waals surface area contributed by atoms with Crippen molar-refractivity contribution in [2.24, 2.45) is 5.41 Å². The Labute approximate surface area is 75.6 Å². The van der Waals surface area contributed by atoms with E-state index in [1.54, 1.807) is 18.3 Å². The van der Waals surface area contributed by atoms with Gasteiger partial charge in [-0.2, -0.15) is 0 Å². The Hall–Kier alpha value is -0.700. The summed E-state index contributed by atoms with van der Waals surface area (Å²) in [5.74, 6) is 0.329. The van der Waals surface area contributed by atoms with Crippen molar-refractivity contribution >= 4 is 17.1 Å². The van der Waals surface area contributed by atoms with Crippen LogP contribution in [0.25, 0.3) is 0 Å². The first-order chi connectivity index (χ1) is 5.73. The third-order valence-corrected chi connectivity index (χ3v) is 3.24. The predicted molar refractivity (Wildman–Crippen MR) is 48.2 cm³/mol. The Kier molecular flexibility index (Phi) is 1.76. The summed E-state index contributed by atoms with van der Waals surface area (Å²) in [4.78, 5) is 15.4. The number of hydrogen-bond acceptors (Lipinski definition) is 3. The molecule has 0 atom stereocenters. The van der Waals surface area contributed by atoms with Gasteiger partial charge in [-0.3, -0.25) is 4.79 Å². The van der Waals surface area contributed by atoms with E-state index in [-0.39, 0.29) is 5.41 Å². The summed E-state index contributed by atoms with van der Waals surface area (Å²) < 4.78 is 0. The lowest BCUT2D eigenvalue weighted by Gasteiger charge is -2.07. The van der Waals surface area contributed by atoms with Crippen LogP contribution in [0, 0.1) is 5.41 Å². The van der Waals surface area contributed by atoms with Gasteiger partial charge < -0.3 is 0 Å². The standard InChI is InChI=1S/C9H11NOS/c1-7(11)9(2-3-9)4-8-5-12-6-10-8/h5-6H,2-4H2,1H3. The zero-order chi connectivity index (χ0) is 8.60. The third kappa shape index (κ3) is 1.29. The maximum Gasteiger partial charge on any atom is 0.136 e. The molecule has 2 nitrogen and oxygen atoms in total. The van der Waals surface area contributed by atoms with Crippen LogP contribution in [0.15, 0.2) is 10.9 Å². The molecule has 0 amide bonds. The Morgan fingerprint density at radius 2 is 2.50 bits per heavy atom. The highest BCUT2D eigenvalue weighted by Gasteiger charge is 2.47. The van der Waals surface area contributed by atoms with Crippen molar-refractivity contribution in [3.05, 3.63) is 16.6 Å². The summed E-state index contributed by atoms with van der Waals surface area (Å²) in [6.45, 7) is 1.69. The van der Waals surface area contributed by atoms with Gasteiger partial charge in [0, 0.05) is 17.2 Å². The molecule has 0 aliphatic heterocycles. The van der Waals surface area contributed by atoms with Gasteiger partial charge in [0.25, 0.3) is 0 Å². The minimum atomic E-state index is -0.0198. The van der Waals surface area contributed by atoms with Gasteiger partial charge in [-0.25, -0.2) is 4.98 Å². The van der Waals surface area contributed by atoms with E-state index in [0.717, 1.165) is 25.0 Å². The van der Waals surface area contributed by atoms with E-state index in [4.69, 9.17) is 0 Å². The Morgan fingerprint density at radius 3 is 2.92 bits per heavy atom. The fourth-order valence-electron chi connectivity index (χ4n) is 1.48. The lowest BCUT2D eigenvalue weighted by atomic mass is 9.96. The summed E-state index contributed by atoms with van der Waals surface area (Å²) in [6, 6.07) is 0. The molecule has 0 saturated heterocycles. The molecular weight excluding hydrogens is 170 g/mol. The number of aromatic nitrogens is 1. The molecule has 0 aromatic carbocycles. The van der Waals surface area contributed by atoms with Crippen molar-refractivity contribution in [1.29, 1.82) is 0 Å². The molecule has 1 aliphatic rings. The highest BCUT2D eigenvalue weighted by molar-refractivity contribution is 7.07. The number of carbonyl (C=O) groups excluding carboxylic acids is 1. The Bertz CT molecular complexity index is 287. The smallest absolute Gasteiger partial charge is 0.136 e. The van der Waals surface area contributed by atoms with E-state index in [1.807, 2.05) is 10.9 Å². The first kappa shape index (κ1) is 7.92. The van der Waals surface area contributed by atoms with Crippen LogP contribution in [0.1, 0.15) is 25.5 Å². The van der Waals surface area contributed by atoms with E-state index in [0.29, 0.717) is 5.78 Å². The summed E-state index contributed by atoms with van der Waals surface area (Å²) in [5, 5.41) is 2.03. The first-order valence-electron chi connectivity index (χ1n) is 4.11. The van der Waals surface area contributed by atoms with Crippen LogP contribution in [0.2, 0.25) is 0 Å². The van der Waals surface area contributed by atoms with Crippen LogP contribution >= 0.6 is 11.3 Å². The van der Waals surface area contributed by atoms with Crippen LogP contribution in [0.5, 0.6) is 0 Å². The normalized spacial score (nSPS) is 19.1. The third-order valence-electron chi connectivity index (χ3n) is 2.60. The second-order valence-electron chi connectivity index (χ2n) is 3.49. The van der Waals surface area contributed by atoms with Crippen LogP contribution in [-0.2, 0) is 11.2 Å². The van der Waals surface area contributed by atoms with Crippen LogP contribution in [-0.4, -0.2) is 10.8 Å². The zero-order valence-corrected chi connectivity index (χ0v) is 7.86. The van der Waals surface area contributed by atoms with E-state index < -0.39 is 0 Å². The maximum atomic E-state index is 11.2. The molecule has 0 N–H and O–H groups in total. The molecule has 1 aromatic heterocycles. The monoisotopic (exact) mass is 181 g/mol. The predicted octanol–water partition coefficient (Wildman–Crippen LogP) is 2.05. The minimum absolute atomic E-state index is 0.0198. The molecule has 1 saturated carbocycles. The van der Waals surface area contributed by atoms with E-state index in [9.17, 15) is 4.79 Å². The van der Waals surface area contributed by atoms with Gasteiger partial charge in [0.1, 0.15) is 5.78 Å². The van der Waals surface area contributed by atoms with Crippen molar-refractivity contribution in [2.45, 2.75) is 26.2 Å². The van der Waals surface area contributed by atoms with Gasteiger partial charge >= 0.3 is 0 Å². The number of Topliss-reactive ketones (excluding diaryl/α,β-unsaturated/α-hetero) is 1. The number of hydrogen-bond donors (Lipinski definition) is 0. The summed E-state index contributed by atoms with van der Waals surface area (Å²) in [5.41, 5.74) is 2.88. The molecule has 1 heterocycles. The Morgan fingerprint density at radius 1 is 1.75 bits per heavy atom. The molecule has 12 heavy (non-hydrogen) atoms. The summed E-state index contributed by atoms with van der Waals surface area (Å²) in [6.07, 6.45) is 2.96. The molecule has 3 heteroatoms. The number of rotatable bonds is 3. The molecule has 0 unspecified atom stereocenters. The van der Waals surface area contributed by atoms with Crippen molar-refractivity contribution < 1.29 is 4.79 Å². The average molecular weight is 181 g/mol. The van der Waals surface area contributed by atoms with Gasteiger partial charge in [0.2, 0.25) is 0 Å². The van der Waals surface area contributed by atoms with Crippen molar-refractivity contribution in [3.8, 4) is 0 Å². The lowest BCUT2D eigenvalue weighted by molar-refractivity contribution is -0.121. The maximum absolute atomic E-state index is 11.2. The molecule has 0 bridgehead atoms. The van der Waals surface area contributed by atoms with E-state index >= 15 is 0 Å². The van der Waals surface area contributed by atoms with Crippen molar-refractivity contribution in [2.75, 3.05) is 0 Å².